The van der Waals surface area contributed by atoms with E-state index in [0.717, 1.165) is 38.9 Å². The average molecular weight is 407 g/mol. The Morgan fingerprint density at radius 3 is 2.14 bits per heavy atom. The Kier molecular flexibility index (Phi) is 5.92. The summed E-state index contributed by atoms with van der Waals surface area (Å²) < 4.78 is 0. The van der Waals surface area contributed by atoms with E-state index in [0.29, 0.717) is 13.1 Å². The van der Waals surface area contributed by atoms with Crippen molar-refractivity contribution >= 4 is 22.7 Å². The van der Waals surface area contributed by atoms with Crippen LogP contribution < -0.4 is 11.5 Å². The SMILES string of the molecule is NCCc1cc(CCN)cc(-c2cnc(-c3cccc(-c4nccs4)c3)s2)c1. The summed E-state index contributed by atoms with van der Waals surface area (Å²) in [5.41, 5.74) is 17.5. The molecule has 2 heterocycles. The molecule has 28 heavy (non-hydrogen) atoms. The van der Waals surface area contributed by atoms with E-state index in [1.54, 1.807) is 22.7 Å². The van der Waals surface area contributed by atoms with Crippen LogP contribution in [0.4, 0.5) is 0 Å². The fourth-order valence-corrected chi connectivity index (χ4v) is 4.75. The molecule has 4 N–H and O–H groups in total. The molecule has 0 bridgehead atoms. The molecular formula is C22H22N4S2. The Morgan fingerprint density at radius 2 is 1.50 bits per heavy atom. The lowest BCUT2D eigenvalue weighted by atomic mass is 10.0. The van der Waals surface area contributed by atoms with Crippen LogP contribution in [0.15, 0.2) is 60.2 Å². The second-order valence-corrected chi connectivity index (χ2v) is 8.49. The molecule has 0 fully saturated rings. The molecule has 2 aromatic carbocycles. The van der Waals surface area contributed by atoms with Gasteiger partial charge in [-0.05, 0) is 48.7 Å². The predicted molar refractivity (Wildman–Crippen MR) is 120 cm³/mol. The first-order valence-corrected chi connectivity index (χ1v) is 11.0. The Morgan fingerprint density at radius 1 is 0.786 bits per heavy atom. The molecule has 4 aromatic rings. The smallest absolute Gasteiger partial charge is 0.123 e. The van der Waals surface area contributed by atoms with Crippen molar-refractivity contribution < 1.29 is 0 Å². The highest BCUT2D eigenvalue weighted by Gasteiger charge is 2.10. The normalized spacial score (nSPS) is 11.1. The van der Waals surface area contributed by atoms with Crippen molar-refractivity contribution in [3.05, 3.63) is 71.4 Å². The standard InChI is InChI=1S/C22H22N4S2/c23-6-4-15-10-16(5-7-24)12-19(11-15)20-14-26-22(28-20)18-3-1-2-17(13-18)21-25-8-9-27-21/h1-3,8-14H,4-7,23-24H2. The number of hydrogen-bond acceptors (Lipinski definition) is 6. The molecule has 142 valence electrons. The second kappa shape index (κ2) is 8.75. The van der Waals surface area contributed by atoms with Gasteiger partial charge in [0.25, 0.3) is 0 Å². The third-order valence-electron chi connectivity index (χ3n) is 4.50. The third-order valence-corrected chi connectivity index (χ3v) is 6.42. The van der Waals surface area contributed by atoms with Crippen LogP contribution in [0.3, 0.4) is 0 Å². The number of aromatic nitrogens is 2. The van der Waals surface area contributed by atoms with Gasteiger partial charge in [0, 0.05) is 28.9 Å². The minimum atomic E-state index is 0.642. The van der Waals surface area contributed by atoms with E-state index in [-0.39, 0.29) is 0 Å². The number of benzene rings is 2. The first-order valence-electron chi connectivity index (χ1n) is 9.26. The highest BCUT2D eigenvalue weighted by Crippen LogP contribution is 2.35. The predicted octanol–water partition coefficient (Wildman–Crippen LogP) is 4.60. The fraction of sp³-hybridized carbons (Fsp3) is 0.182. The van der Waals surface area contributed by atoms with Gasteiger partial charge in [0.15, 0.2) is 0 Å². The van der Waals surface area contributed by atoms with Crippen molar-refractivity contribution in [2.45, 2.75) is 12.8 Å². The van der Waals surface area contributed by atoms with Gasteiger partial charge < -0.3 is 11.5 Å². The minimum Gasteiger partial charge on any atom is -0.330 e. The molecule has 0 unspecified atom stereocenters. The number of nitrogens with two attached hydrogens (primary N) is 2. The maximum Gasteiger partial charge on any atom is 0.123 e. The Labute approximate surface area is 172 Å². The van der Waals surface area contributed by atoms with E-state index in [1.165, 1.54) is 16.7 Å². The number of nitrogens with zero attached hydrogens (tertiary/aromatic N) is 2. The van der Waals surface area contributed by atoms with E-state index >= 15 is 0 Å². The molecule has 0 amide bonds. The van der Waals surface area contributed by atoms with Crippen LogP contribution in [0.2, 0.25) is 0 Å². The van der Waals surface area contributed by atoms with Gasteiger partial charge in [-0.25, -0.2) is 9.97 Å². The van der Waals surface area contributed by atoms with Crippen LogP contribution in [-0.4, -0.2) is 23.1 Å². The van der Waals surface area contributed by atoms with Crippen LogP contribution in [0.5, 0.6) is 0 Å². The van der Waals surface area contributed by atoms with Crippen LogP contribution in [0, 0.1) is 0 Å². The fourth-order valence-electron chi connectivity index (χ4n) is 3.22. The molecule has 0 saturated carbocycles. The Bertz CT molecular complexity index is 1030. The van der Waals surface area contributed by atoms with Crippen molar-refractivity contribution in [2.75, 3.05) is 13.1 Å². The molecule has 0 aliphatic rings. The Balaban J connectivity index is 1.67. The summed E-state index contributed by atoms with van der Waals surface area (Å²) in [5.74, 6) is 0. The van der Waals surface area contributed by atoms with E-state index in [4.69, 9.17) is 11.5 Å². The zero-order valence-electron chi connectivity index (χ0n) is 15.5. The zero-order chi connectivity index (χ0) is 19.3. The Hall–Kier alpha value is -2.38. The molecule has 0 atom stereocenters. The van der Waals surface area contributed by atoms with Crippen molar-refractivity contribution in [1.29, 1.82) is 0 Å². The monoisotopic (exact) mass is 406 g/mol. The number of rotatable bonds is 7. The first-order chi connectivity index (χ1) is 13.8. The van der Waals surface area contributed by atoms with Crippen LogP contribution in [-0.2, 0) is 12.8 Å². The van der Waals surface area contributed by atoms with Gasteiger partial charge in [0.05, 0.1) is 4.88 Å². The maximum atomic E-state index is 5.77. The number of thiazole rings is 2. The topological polar surface area (TPSA) is 77.8 Å². The molecule has 4 rings (SSSR count). The van der Waals surface area contributed by atoms with Crippen molar-refractivity contribution in [3.63, 3.8) is 0 Å². The van der Waals surface area contributed by atoms with Gasteiger partial charge >= 0.3 is 0 Å². The molecule has 2 aromatic heterocycles. The van der Waals surface area contributed by atoms with Gasteiger partial charge in [-0.2, -0.15) is 0 Å². The van der Waals surface area contributed by atoms with Crippen molar-refractivity contribution in [1.82, 2.24) is 9.97 Å². The summed E-state index contributed by atoms with van der Waals surface area (Å²) in [6.45, 7) is 1.28. The number of hydrogen-bond donors (Lipinski definition) is 2. The highest BCUT2D eigenvalue weighted by molar-refractivity contribution is 7.18. The minimum absolute atomic E-state index is 0.642. The lowest BCUT2D eigenvalue weighted by Crippen LogP contribution is -2.06. The summed E-state index contributed by atoms with van der Waals surface area (Å²) in [6.07, 6.45) is 5.53. The molecule has 0 saturated heterocycles. The molecule has 4 nitrogen and oxygen atoms in total. The summed E-state index contributed by atoms with van der Waals surface area (Å²) in [6, 6.07) is 15.1. The first kappa shape index (κ1) is 19.0. The lowest BCUT2D eigenvalue weighted by Gasteiger charge is -2.07. The van der Waals surface area contributed by atoms with Gasteiger partial charge in [-0.3, -0.25) is 0 Å². The van der Waals surface area contributed by atoms with E-state index in [1.807, 2.05) is 17.8 Å². The van der Waals surface area contributed by atoms with E-state index in [2.05, 4.69) is 52.4 Å². The van der Waals surface area contributed by atoms with Crippen molar-refractivity contribution in [3.8, 4) is 31.6 Å². The van der Waals surface area contributed by atoms with Gasteiger partial charge in [-0.15, -0.1) is 22.7 Å². The maximum absolute atomic E-state index is 5.77. The summed E-state index contributed by atoms with van der Waals surface area (Å²) in [7, 11) is 0. The molecule has 0 spiro atoms. The highest BCUT2D eigenvalue weighted by atomic mass is 32.1. The van der Waals surface area contributed by atoms with Gasteiger partial charge in [-0.1, -0.05) is 36.4 Å². The summed E-state index contributed by atoms with van der Waals surface area (Å²) in [4.78, 5) is 10.3. The van der Waals surface area contributed by atoms with Gasteiger partial charge in [0.2, 0.25) is 0 Å². The molecule has 6 heteroatoms. The quantitative estimate of drug-likeness (QED) is 0.470. The summed E-state index contributed by atoms with van der Waals surface area (Å²) >= 11 is 3.35. The largest absolute Gasteiger partial charge is 0.330 e. The van der Waals surface area contributed by atoms with Crippen LogP contribution in [0.25, 0.3) is 31.6 Å². The van der Waals surface area contributed by atoms with E-state index < -0.39 is 0 Å². The lowest BCUT2D eigenvalue weighted by molar-refractivity contribution is 0.941. The molecular weight excluding hydrogens is 384 g/mol. The average Bonchev–Trinajstić information content (AvgIpc) is 3.41. The molecule has 0 radical (unpaired) electrons. The van der Waals surface area contributed by atoms with Gasteiger partial charge in [0.1, 0.15) is 10.0 Å². The molecule has 0 aliphatic carbocycles. The van der Waals surface area contributed by atoms with Crippen LogP contribution >= 0.6 is 22.7 Å². The third kappa shape index (κ3) is 4.20. The molecule has 0 aliphatic heterocycles. The summed E-state index contributed by atoms with van der Waals surface area (Å²) in [5, 5.41) is 4.04. The van der Waals surface area contributed by atoms with Crippen LogP contribution in [0.1, 0.15) is 11.1 Å². The zero-order valence-corrected chi connectivity index (χ0v) is 17.1. The second-order valence-electron chi connectivity index (χ2n) is 6.56. The van der Waals surface area contributed by atoms with E-state index in [9.17, 15) is 0 Å². The van der Waals surface area contributed by atoms with Crippen molar-refractivity contribution in [2.24, 2.45) is 11.5 Å².